The number of benzene rings is 2. The summed E-state index contributed by atoms with van der Waals surface area (Å²) >= 11 is 0. The average Bonchev–Trinajstić information content (AvgIpc) is 2.66. The maximum Gasteiger partial charge on any atom is 0.272 e. The second-order valence-electron chi connectivity index (χ2n) is 5.89. The molecule has 2 amide bonds. The Balaban J connectivity index is 2.00. The van der Waals surface area contributed by atoms with E-state index in [0.717, 1.165) is 6.07 Å². The fourth-order valence-electron chi connectivity index (χ4n) is 2.30. The first-order chi connectivity index (χ1) is 13.2. The molecule has 0 aliphatic heterocycles. The Bertz CT molecular complexity index is 948. The number of amides is 2. The van der Waals surface area contributed by atoms with Crippen LogP contribution in [0.2, 0.25) is 0 Å². The van der Waals surface area contributed by atoms with Crippen molar-refractivity contribution in [2.45, 2.75) is 17.9 Å². The highest BCUT2D eigenvalue weighted by Crippen LogP contribution is 2.11. The molecule has 0 aliphatic carbocycles. The first-order valence-electron chi connectivity index (χ1n) is 8.21. The van der Waals surface area contributed by atoms with E-state index >= 15 is 0 Å². The van der Waals surface area contributed by atoms with Gasteiger partial charge in [-0.3, -0.25) is 20.4 Å². The molecule has 0 unspecified atom stereocenters. The van der Waals surface area contributed by atoms with Crippen LogP contribution >= 0.6 is 0 Å². The highest BCUT2D eigenvalue weighted by molar-refractivity contribution is 7.89. The number of ether oxygens (including phenoxy) is 1. The molecule has 10 heteroatoms. The number of methoxy groups -OCH3 is 1. The highest BCUT2D eigenvalue weighted by Gasteiger charge is 2.18. The molecule has 2 rings (SSSR count). The molecule has 0 heterocycles. The van der Waals surface area contributed by atoms with Crippen molar-refractivity contribution >= 4 is 21.8 Å². The summed E-state index contributed by atoms with van der Waals surface area (Å²) < 4.78 is 45.3. The summed E-state index contributed by atoms with van der Waals surface area (Å²) in [7, 11) is -2.30. The smallest absolute Gasteiger partial charge is 0.272 e. The SMILES string of the molecule is COC[C@@H](C)NS(=O)(=O)c1ccc(C(=O)NNC(=O)c2ccccc2F)cc1. The van der Waals surface area contributed by atoms with Crippen LogP contribution in [0.5, 0.6) is 0 Å². The van der Waals surface area contributed by atoms with Gasteiger partial charge in [-0.25, -0.2) is 17.5 Å². The second-order valence-corrected chi connectivity index (χ2v) is 7.60. The van der Waals surface area contributed by atoms with Gasteiger partial charge in [-0.1, -0.05) is 12.1 Å². The van der Waals surface area contributed by atoms with Crippen LogP contribution in [0.15, 0.2) is 53.4 Å². The summed E-state index contributed by atoms with van der Waals surface area (Å²) in [6.07, 6.45) is 0. The van der Waals surface area contributed by atoms with Crippen molar-refractivity contribution < 1.29 is 27.1 Å². The van der Waals surface area contributed by atoms with Gasteiger partial charge in [0.2, 0.25) is 10.0 Å². The van der Waals surface area contributed by atoms with Gasteiger partial charge in [0.15, 0.2) is 0 Å². The lowest BCUT2D eigenvalue weighted by Crippen LogP contribution is -2.42. The van der Waals surface area contributed by atoms with Crippen molar-refractivity contribution in [2.24, 2.45) is 0 Å². The number of hydrogen-bond donors (Lipinski definition) is 3. The fourth-order valence-corrected chi connectivity index (χ4v) is 3.53. The molecular weight excluding hydrogens is 389 g/mol. The predicted octanol–water partition coefficient (Wildman–Crippen LogP) is 1.21. The largest absolute Gasteiger partial charge is 0.383 e. The molecule has 150 valence electrons. The number of halogens is 1. The summed E-state index contributed by atoms with van der Waals surface area (Å²) in [6, 6.07) is 9.99. The van der Waals surface area contributed by atoms with Crippen molar-refractivity contribution in [2.75, 3.05) is 13.7 Å². The number of carbonyl (C=O) groups is 2. The molecule has 0 bridgehead atoms. The van der Waals surface area contributed by atoms with E-state index in [1.165, 1.54) is 49.6 Å². The first-order valence-corrected chi connectivity index (χ1v) is 9.69. The monoisotopic (exact) mass is 409 g/mol. The van der Waals surface area contributed by atoms with Crippen LogP contribution in [0.4, 0.5) is 4.39 Å². The zero-order chi connectivity index (χ0) is 20.7. The van der Waals surface area contributed by atoms with Crippen molar-refractivity contribution in [1.29, 1.82) is 0 Å². The Kier molecular flexibility index (Phi) is 7.21. The van der Waals surface area contributed by atoms with E-state index in [2.05, 4.69) is 15.6 Å². The number of sulfonamides is 1. The van der Waals surface area contributed by atoms with Crippen LogP contribution in [0.3, 0.4) is 0 Å². The minimum Gasteiger partial charge on any atom is -0.383 e. The second kappa shape index (κ2) is 9.40. The van der Waals surface area contributed by atoms with Gasteiger partial charge in [0, 0.05) is 18.7 Å². The molecule has 1 atom stereocenters. The molecular formula is C18H20FN3O5S. The maximum absolute atomic E-state index is 13.5. The topological polar surface area (TPSA) is 114 Å². The van der Waals surface area contributed by atoms with Crippen molar-refractivity contribution in [3.63, 3.8) is 0 Å². The van der Waals surface area contributed by atoms with Crippen LogP contribution in [0, 0.1) is 5.82 Å². The van der Waals surface area contributed by atoms with E-state index in [1.54, 1.807) is 6.92 Å². The van der Waals surface area contributed by atoms with Gasteiger partial charge in [-0.05, 0) is 43.3 Å². The Hall–Kier alpha value is -2.82. The van der Waals surface area contributed by atoms with Crippen LogP contribution in [-0.2, 0) is 14.8 Å². The molecule has 0 spiro atoms. The molecule has 0 saturated carbocycles. The van der Waals surface area contributed by atoms with Gasteiger partial charge in [-0.15, -0.1) is 0 Å². The van der Waals surface area contributed by atoms with E-state index in [9.17, 15) is 22.4 Å². The molecule has 28 heavy (non-hydrogen) atoms. The van der Waals surface area contributed by atoms with E-state index in [-0.39, 0.29) is 22.6 Å². The Morgan fingerprint density at radius 1 is 1.04 bits per heavy atom. The van der Waals surface area contributed by atoms with Crippen LogP contribution in [0.25, 0.3) is 0 Å². The third kappa shape index (κ3) is 5.59. The lowest BCUT2D eigenvalue weighted by Gasteiger charge is -2.13. The zero-order valence-electron chi connectivity index (χ0n) is 15.2. The third-order valence-corrected chi connectivity index (χ3v) is 5.21. The van der Waals surface area contributed by atoms with E-state index in [4.69, 9.17) is 4.74 Å². The number of rotatable bonds is 7. The molecule has 0 saturated heterocycles. The zero-order valence-corrected chi connectivity index (χ0v) is 16.0. The summed E-state index contributed by atoms with van der Waals surface area (Å²) in [5.41, 5.74) is 4.13. The van der Waals surface area contributed by atoms with Gasteiger partial charge in [0.1, 0.15) is 5.82 Å². The van der Waals surface area contributed by atoms with Crippen LogP contribution in [0.1, 0.15) is 27.6 Å². The Labute approximate surface area is 162 Å². The minimum atomic E-state index is -3.76. The predicted molar refractivity (Wildman–Crippen MR) is 99.4 cm³/mol. The van der Waals surface area contributed by atoms with Crippen molar-refractivity contribution in [3.8, 4) is 0 Å². The number of nitrogens with one attached hydrogen (secondary N) is 3. The minimum absolute atomic E-state index is 0.0256. The number of hydrazine groups is 1. The Morgan fingerprint density at radius 2 is 1.64 bits per heavy atom. The summed E-state index contributed by atoms with van der Waals surface area (Å²) in [5.74, 6) is -2.23. The molecule has 0 fully saturated rings. The van der Waals surface area contributed by atoms with Crippen LogP contribution in [-0.4, -0.2) is 40.0 Å². The van der Waals surface area contributed by atoms with Crippen LogP contribution < -0.4 is 15.6 Å². The van der Waals surface area contributed by atoms with Crippen molar-refractivity contribution in [3.05, 3.63) is 65.5 Å². The standard InChI is InChI=1S/C18H20FN3O5S/c1-12(11-27-2)22-28(25,26)14-9-7-13(8-10-14)17(23)20-21-18(24)15-5-3-4-6-16(15)19/h3-10,12,22H,11H2,1-2H3,(H,20,23)(H,21,24)/t12-/m1/s1. The summed E-state index contributed by atoms with van der Waals surface area (Å²) in [6.45, 7) is 1.86. The maximum atomic E-state index is 13.5. The average molecular weight is 409 g/mol. The normalized spacial score (nSPS) is 12.2. The van der Waals surface area contributed by atoms with Gasteiger partial charge in [0.25, 0.3) is 11.8 Å². The molecule has 8 nitrogen and oxygen atoms in total. The molecule has 0 radical (unpaired) electrons. The first kappa shape index (κ1) is 21.5. The lowest BCUT2D eigenvalue weighted by molar-refractivity contribution is 0.0844. The number of hydrogen-bond acceptors (Lipinski definition) is 5. The van der Waals surface area contributed by atoms with Crippen molar-refractivity contribution in [1.82, 2.24) is 15.6 Å². The fraction of sp³-hybridized carbons (Fsp3) is 0.222. The Morgan fingerprint density at radius 3 is 2.25 bits per heavy atom. The quantitative estimate of drug-likeness (QED) is 0.595. The summed E-state index contributed by atoms with van der Waals surface area (Å²) in [4.78, 5) is 23.9. The molecule has 0 aliphatic rings. The van der Waals surface area contributed by atoms with E-state index in [1.807, 2.05) is 0 Å². The molecule has 2 aromatic rings. The van der Waals surface area contributed by atoms with Gasteiger partial charge >= 0.3 is 0 Å². The van der Waals surface area contributed by atoms with Gasteiger partial charge in [0.05, 0.1) is 17.1 Å². The molecule has 2 aromatic carbocycles. The van der Waals surface area contributed by atoms with Gasteiger partial charge < -0.3 is 4.74 Å². The van der Waals surface area contributed by atoms with E-state index < -0.39 is 33.7 Å². The number of carbonyl (C=O) groups excluding carboxylic acids is 2. The highest BCUT2D eigenvalue weighted by atomic mass is 32.2. The molecule has 3 N–H and O–H groups in total. The van der Waals surface area contributed by atoms with E-state index in [0.29, 0.717) is 0 Å². The molecule has 0 aromatic heterocycles. The van der Waals surface area contributed by atoms with Gasteiger partial charge in [-0.2, -0.15) is 0 Å². The lowest BCUT2D eigenvalue weighted by atomic mass is 10.2. The summed E-state index contributed by atoms with van der Waals surface area (Å²) in [5, 5.41) is 0. The third-order valence-electron chi connectivity index (χ3n) is 3.61.